The molecule has 180 valence electrons. The molecule has 1 aromatic carbocycles. The number of hydrogen-bond donors (Lipinski definition) is 0. The van der Waals surface area contributed by atoms with Crippen molar-refractivity contribution >= 4 is 17.6 Å². The molecule has 2 amide bonds. The van der Waals surface area contributed by atoms with E-state index in [0.29, 0.717) is 49.5 Å². The first-order chi connectivity index (χ1) is 16.9. The van der Waals surface area contributed by atoms with Crippen molar-refractivity contribution in [2.75, 3.05) is 45.2 Å². The number of carbonyl (C=O) groups is 2. The lowest BCUT2D eigenvalue weighted by Gasteiger charge is -2.36. The van der Waals surface area contributed by atoms with E-state index in [1.54, 1.807) is 25.2 Å². The number of nitrogens with zero attached hydrogens (tertiary/aromatic N) is 5. The molecule has 2 aliphatic rings. The fourth-order valence-corrected chi connectivity index (χ4v) is 4.53. The molecule has 1 aliphatic heterocycles. The van der Waals surface area contributed by atoms with E-state index < -0.39 is 0 Å². The molecule has 7 nitrogen and oxygen atoms in total. The molecule has 1 aromatic heterocycles. The normalized spacial score (nSPS) is 15.4. The summed E-state index contributed by atoms with van der Waals surface area (Å²) >= 11 is 0. The summed E-state index contributed by atoms with van der Waals surface area (Å²) in [4.78, 5) is 35.2. The summed E-state index contributed by atoms with van der Waals surface area (Å²) in [6.07, 6.45) is 10.6. The zero-order valence-electron chi connectivity index (χ0n) is 20.6. The Morgan fingerprint density at radius 2 is 1.86 bits per heavy atom. The van der Waals surface area contributed by atoms with Crippen LogP contribution < -0.4 is 4.90 Å². The standard InChI is InChI=1S/C28H31N5O2/c1-20-15-22(9-10-25(20)28(35)31(2)3)24-17-23(18-29)27(30-19-24)33-13-11-32(12-14-33)26(34)16-21-7-5-4-6-8-21/h5,7-10,15,17,19H,4,6,11-14,16H2,1-3H3. The van der Waals surface area contributed by atoms with Gasteiger partial charge >= 0.3 is 0 Å². The molecule has 0 radical (unpaired) electrons. The molecule has 1 fully saturated rings. The molecule has 2 heterocycles. The van der Waals surface area contributed by atoms with Crippen LogP contribution in [0.25, 0.3) is 11.1 Å². The second kappa shape index (κ2) is 10.6. The molecule has 1 aliphatic carbocycles. The van der Waals surface area contributed by atoms with Crippen LogP contribution in [0.15, 0.2) is 54.3 Å². The van der Waals surface area contributed by atoms with Gasteiger partial charge in [0.1, 0.15) is 11.9 Å². The van der Waals surface area contributed by atoms with E-state index in [1.807, 2.05) is 36.1 Å². The van der Waals surface area contributed by atoms with Gasteiger partial charge in [0.25, 0.3) is 5.91 Å². The van der Waals surface area contributed by atoms with Crippen LogP contribution in [0.1, 0.15) is 40.7 Å². The highest BCUT2D eigenvalue weighted by molar-refractivity contribution is 5.96. The smallest absolute Gasteiger partial charge is 0.253 e. The number of aromatic nitrogens is 1. The number of amides is 2. The number of aryl methyl sites for hydroxylation is 1. The minimum atomic E-state index is -0.0372. The number of benzene rings is 1. The first kappa shape index (κ1) is 24.2. The highest BCUT2D eigenvalue weighted by Gasteiger charge is 2.24. The second-order valence-corrected chi connectivity index (χ2v) is 9.24. The SMILES string of the molecule is Cc1cc(-c2cnc(N3CCN(C(=O)CC4=CCCC=C4)CC3)c(C#N)c2)ccc1C(=O)N(C)C. The van der Waals surface area contributed by atoms with Gasteiger partial charge in [0.2, 0.25) is 5.91 Å². The number of allylic oxidation sites excluding steroid dienone is 3. The minimum absolute atomic E-state index is 0.0372. The molecule has 4 rings (SSSR count). The largest absolute Gasteiger partial charge is 0.352 e. The zero-order valence-corrected chi connectivity index (χ0v) is 20.6. The average Bonchev–Trinajstić information content (AvgIpc) is 2.88. The Bertz CT molecular complexity index is 1230. The van der Waals surface area contributed by atoms with Gasteiger partial charge in [-0.25, -0.2) is 4.98 Å². The molecule has 1 saturated heterocycles. The summed E-state index contributed by atoms with van der Waals surface area (Å²) in [5.74, 6) is 0.764. The van der Waals surface area contributed by atoms with Crippen molar-refractivity contribution in [2.45, 2.75) is 26.2 Å². The lowest BCUT2D eigenvalue weighted by Crippen LogP contribution is -2.49. The number of pyridine rings is 1. The summed E-state index contributed by atoms with van der Waals surface area (Å²) < 4.78 is 0. The number of hydrogen-bond acceptors (Lipinski definition) is 5. The van der Waals surface area contributed by atoms with Gasteiger partial charge in [-0.3, -0.25) is 9.59 Å². The van der Waals surface area contributed by atoms with Crippen LogP contribution in [0, 0.1) is 18.3 Å². The van der Waals surface area contributed by atoms with E-state index in [-0.39, 0.29) is 11.8 Å². The van der Waals surface area contributed by atoms with Crippen molar-refractivity contribution in [3.63, 3.8) is 0 Å². The summed E-state index contributed by atoms with van der Waals surface area (Å²) in [5.41, 5.74) is 4.89. The third-order valence-corrected chi connectivity index (χ3v) is 6.54. The Hall–Kier alpha value is -3.92. The van der Waals surface area contributed by atoms with E-state index >= 15 is 0 Å². The van der Waals surface area contributed by atoms with Gasteiger partial charge in [0, 0.05) is 57.6 Å². The molecule has 2 aromatic rings. The number of nitriles is 1. The molecule has 0 atom stereocenters. The summed E-state index contributed by atoms with van der Waals surface area (Å²) in [6, 6.07) is 9.81. The van der Waals surface area contributed by atoms with Gasteiger partial charge in [-0.15, -0.1) is 0 Å². The lowest BCUT2D eigenvalue weighted by molar-refractivity contribution is -0.130. The van der Waals surface area contributed by atoms with Gasteiger partial charge in [-0.05, 0) is 48.6 Å². The number of rotatable bonds is 5. The Labute approximate surface area is 207 Å². The van der Waals surface area contributed by atoms with E-state index in [4.69, 9.17) is 0 Å². The molecule has 0 spiro atoms. The second-order valence-electron chi connectivity index (χ2n) is 9.24. The van der Waals surface area contributed by atoms with Crippen molar-refractivity contribution in [3.05, 3.63) is 71.0 Å². The molecular weight excluding hydrogens is 438 g/mol. The predicted molar refractivity (Wildman–Crippen MR) is 137 cm³/mol. The van der Waals surface area contributed by atoms with E-state index in [9.17, 15) is 14.9 Å². The lowest BCUT2D eigenvalue weighted by atomic mass is 9.99. The topological polar surface area (TPSA) is 80.5 Å². The van der Waals surface area contributed by atoms with Gasteiger partial charge in [-0.2, -0.15) is 5.26 Å². The molecule has 0 saturated carbocycles. The predicted octanol–water partition coefficient (Wildman–Crippen LogP) is 3.95. The molecule has 35 heavy (non-hydrogen) atoms. The van der Waals surface area contributed by atoms with E-state index in [1.165, 1.54) is 0 Å². The Kier molecular flexibility index (Phi) is 7.31. The van der Waals surface area contributed by atoms with Crippen LogP contribution in [-0.2, 0) is 4.79 Å². The van der Waals surface area contributed by atoms with E-state index in [2.05, 4.69) is 34.2 Å². The summed E-state index contributed by atoms with van der Waals surface area (Å²) in [7, 11) is 3.47. The fraction of sp³-hybridized carbons (Fsp3) is 0.357. The average molecular weight is 470 g/mol. The number of anilines is 1. The summed E-state index contributed by atoms with van der Waals surface area (Å²) in [6.45, 7) is 4.43. The quantitative estimate of drug-likeness (QED) is 0.663. The van der Waals surface area contributed by atoms with Crippen LogP contribution in [0.3, 0.4) is 0 Å². The third kappa shape index (κ3) is 5.43. The minimum Gasteiger partial charge on any atom is -0.352 e. The maximum Gasteiger partial charge on any atom is 0.253 e. The van der Waals surface area contributed by atoms with Gasteiger partial charge in [0.15, 0.2) is 0 Å². The Morgan fingerprint density at radius 1 is 1.09 bits per heavy atom. The van der Waals surface area contributed by atoms with Gasteiger partial charge < -0.3 is 14.7 Å². The van der Waals surface area contributed by atoms with Crippen LogP contribution in [0.2, 0.25) is 0 Å². The maximum atomic E-state index is 12.7. The van der Waals surface area contributed by atoms with Crippen LogP contribution in [0.4, 0.5) is 5.82 Å². The zero-order chi connectivity index (χ0) is 24.9. The molecule has 7 heteroatoms. The van der Waals surface area contributed by atoms with Gasteiger partial charge in [-0.1, -0.05) is 30.4 Å². The van der Waals surface area contributed by atoms with Crippen molar-refractivity contribution < 1.29 is 9.59 Å². The third-order valence-electron chi connectivity index (χ3n) is 6.54. The Balaban J connectivity index is 1.45. The molecule has 0 N–H and O–H groups in total. The number of carbonyl (C=O) groups excluding carboxylic acids is 2. The molecule has 0 unspecified atom stereocenters. The Morgan fingerprint density at radius 3 is 2.49 bits per heavy atom. The van der Waals surface area contributed by atoms with Crippen LogP contribution >= 0.6 is 0 Å². The van der Waals surface area contributed by atoms with Crippen molar-refractivity contribution in [1.29, 1.82) is 5.26 Å². The van der Waals surface area contributed by atoms with E-state index in [0.717, 1.165) is 35.1 Å². The fourth-order valence-electron chi connectivity index (χ4n) is 4.53. The highest BCUT2D eigenvalue weighted by Crippen LogP contribution is 2.27. The molecular formula is C28H31N5O2. The summed E-state index contributed by atoms with van der Waals surface area (Å²) in [5, 5.41) is 9.83. The first-order valence-electron chi connectivity index (χ1n) is 12.0. The maximum absolute atomic E-state index is 12.7. The van der Waals surface area contributed by atoms with Crippen molar-refractivity contribution in [1.82, 2.24) is 14.8 Å². The number of piperazine rings is 1. The van der Waals surface area contributed by atoms with Crippen LogP contribution in [0.5, 0.6) is 0 Å². The van der Waals surface area contributed by atoms with Crippen LogP contribution in [-0.4, -0.2) is 66.9 Å². The van der Waals surface area contributed by atoms with Crippen molar-refractivity contribution in [2.24, 2.45) is 0 Å². The highest BCUT2D eigenvalue weighted by atomic mass is 16.2. The monoisotopic (exact) mass is 469 g/mol. The molecule has 0 bridgehead atoms. The first-order valence-corrected chi connectivity index (χ1v) is 12.0. The van der Waals surface area contributed by atoms with Crippen molar-refractivity contribution in [3.8, 4) is 17.2 Å². The van der Waals surface area contributed by atoms with Gasteiger partial charge in [0.05, 0.1) is 12.0 Å².